The Kier molecular flexibility index (Phi) is 41.4. The second-order valence-corrected chi connectivity index (χ2v) is 21.1. The van der Waals surface area contributed by atoms with Crippen LogP contribution in [-0.4, -0.2) is 96.0 Å². The Labute approximate surface area is 403 Å². The molecule has 0 aromatic rings. The average molecular weight is 963 g/mol. The van der Waals surface area contributed by atoms with Crippen LogP contribution in [0.2, 0.25) is 0 Å². The lowest BCUT2D eigenvalue weighted by Gasteiger charge is -2.40. The van der Waals surface area contributed by atoms with E-state index in [-0.39, 0.29) is 19.4 Å². The third-order valence-corrected chi connectivity index (χ3v) is 13.9. The van der Waals surface area contributed by atoms with Crippen molar-refractivity contribution < 1.29 is 56.8 Å². The molecule has 0 saturated carbocycles. The van der Waals surface area contributed by atoms with Crippen LogP contribution in [0.15, 0.2) is 0 Å². The molecular formula is C53H102O12S. The zero-order chi connectivity index (χ0) is 48.4. The summed E-state index contributed by atoms with van der Waals surface area (Å²) in [5.41, 5.74) is 0. The van der Waals surface area contributed by atoms with Crippen molar-refractivity contribution in [3.63, 3.8) is 0 Å². The highest BCUT2D eigenvalue weighted by Crippen LogP contribution is 2.24. The minimum Gasteiger partial charge on any atom is -0.462 e. The zero-order valence-electron chi connectivity index (χ0n) is 42.3. The summed E-state index contributed by atoms with van der Waals surface area (Å²) in [5.74, 6) is -1.95. The Balaban J connectivity index is 2.30. The summed E-state index contributed by atoms with van der Waals surface area (Å²) in [6.45, 7) is 3.82. The molecule has 1 rings (SSSR count). The fourth-order valence-corrected chi connectivity index (χ4v) is 9.61. The molecule has 1 fully saturated rings. The Hall–Kier alpha value is -1.35. The van der Waals surface area contributed by atoms with E-state index in [1.165, 1.54) is 193 Å². The van der Waals surface area contributed by atoms with E-state index >= 15 is 0 Å². The van der Waals surface area contributed by atoms with Gasteiger partial charge in [0.1, 0.15) is 36.8 Å². The number of unbranched alkanes of at least 4 members (excludes halogenated alkanes) is 36. The highest BCUT2D eigenvalue weighted by Gasteiger charge is 2.46. The number of rotatable bonds is 48. The molecule has 66 heavy (non-hydrogen) atoms. The van der Waals surface area contributed by atoms with Crippen LogP contribution in [0.3, 0.4) is 0 Å². The Morgan fingerprint density at radius 3 is 1.11 bits per heavy atom. The molecule has 4 N–H and O–H groups in total. The number of esters is 2. The van der Waals surface area contributed by atoms with Crippen molar-refractivity contribution in [2.24, 2.45) is 0 Å². The van der Waals surface area contributed by atoms with Gasteiger partial charge in [-0.3, -0.25) is 14.1 Å². The second-order valence-electron chi connectivity index (χ2n) is 19.6. The first kappa shape index (κ1) is 62.7. The average Bonchev–Trinajstić information content (AvgIpc) is 3.28. The van der Waals surface area contributed by atoms with Crippen LogP contribution in [-0.2, 0) is 38.7 Å². The van der Waals surface area contributed by atoms with Crippen molar-refractivity contribution in [1.82, 2.24) is 0 Å². The molecule has 1 saturated heterocycles. The van der Waals surface area contributed by atoms with E-state index in [2.05, 4.69) is 13.8 Å². The van der Waals surface area contributed by atoms with Gasteiger partial charge < -0.3 is 34.3 Å². The van der Waals surface area contributed by atoms with Gasteiger partial charge in [0.2, 0.25) is 0 Å². The van der Waals surface area contributed by atoms with Gasteiger partial charge in [-0.1, -0.05) is 245 Å². The van der Waals surface area contributed by atoms with Crippen LogP contribution in [0.4, 0.5) is 0 Å². The maximum Gasteiger partial charge on any atom is 0.306 e. The molecular weight excluding hydrogens is 861 g/mol. The number of hydrogen-bond donors (Lipinski definition) is 4. The highest BCUT2D eigenvalue weighted by atomic mass is 32.2. The molecule has 13 heteroatoms. The summed E-state index contributed by atoms with van der Waals surface area (Å²) < 4.78 is 54.3. The fraction of sp³-hybridized carbons (Fsp3) is 0.962. The third-order valence-electron chi connectivity index (χ3n) is 13.2. The van der Waals surface area contributed by atoms with Crippen LogP contribution in [0, 0.1) is 0 Å². The number of aliphatic hydroxyl groups excluding tert-OH is 3. The molecule has 0 bridgehead atoms. The smallest absolute Gasteiger partial charge is 0.306 e. The van der Waals surface area contributed by atoms with Crippen LogP contribution in [0.5, 0.6) is 0 Å². The summed E-state index contributed by atoms with van der Waals surface area (Å²) in [4.78, 5) is 25.6. The number of aliphatic hydroxyl groups is 3. The maximum absolute atomic E-state index is 12.9. The van der Waals surface area contributed by atoms with Crippen molar-refractivity contribution in [3.05, 3.63) is 0 Å². The predicted octanol–water partition coefficient (Wildman–Crippen LogP) is 12.8. The fourth-order valence-electron chi connectivity index (χ4n) is 8.92. The van der Waals surface area contributed by atoms with Gasteiger partial charge in [0, 0.05) is 12.8 Å². The van der Waals surface area contributed by atoms with Crippen LogP contribution in [0.1, 0.15) is 271 Å². The normalized spacial score (nSPS) is 19.3. The first-order chi connectivity index (χ1) is 32.0. The van der Waals surface area contributed by atoms with Crippen molar-refractivity contribution in [3.8, 4) is 0 Å². The molecule has 1 aliphatic rings. The first-order valence-corrected chi connectivity index (χ1v) is 29.2. The van der Waals surface area contributed by atoms with Gasteiger partial charge in [0.15, 0.2) is 12.4 Å². The third kappa shape index (κ3) is 37.5. The van der Waals surface area contributed by atoms with Gasteiger partial charge in [-0.15, -0.1) is 0 Å². The molecule has 0 aromatic carbocycles. The SMILES string of the molecule is CCCCCCCCCCCCCCCCCCCCCCCCCC(=O)O[C@H](COC(=O)CCCCCCCCCCCCCCCCC)CO[C@H]1O[C@H](CS(=O)(=O)O)[C@@H](O)C(O)C1O. The van der Waals surface area contributed by atoms with E-state index in [9.17, 15) is 37.9 Å². The quantitative estimate of drug-likeness (QED) is 0.0257. The summed E-state index contributed by atoms with van der Waals surface area (Å²) in [6.07, 6.45) is 38.6. The molecule has 0 amide bonds. The number of ether oxygens (including phenoxy) is 4. The molecule has 1 aliphatic heterocycles. The van der Waals surface area contributed by atoms with E-state index < -0.39 is 71.2 Å². The maximum atomic E-state index is 12.9. The topological polar surface area (TPSA) is 186 Å². The van der Waals surface area contributed by atoms with Crippen molar-refractivity contribution in [2.45, 2.75) is 307 Å². The molecule has 6 atom stereocenters. The van der Waals surface area contributed by atoms with Gasteiger partial charge in [-0.05, 0) is 12.8 Å². The molecule has 0 spiro atoms. The minimum absolute atomic E-state index is 0.173. The van der Waals surface area contributed by atoms with Crippen LogP contribution in [0.25, 0.3) is 0 Å². The van der Waals surface area contributed by atoms with Gasteiger partial charge in [-0.25, -0.2) is 0 Å². The molecule has 0 aromatic heterocycles. The first-order valence-electron chi connectivity index (χ1n) is 27.6. The predicted molar refractivity (Wildman–Crippen MR) is 266 cm³/mol. The summed E-state index contributed by atoms with van der Waals surface area (Å²) in [7, 11) is -4.60. The van der Waals surface area contributed by atoms with Crippen molar-refractivity contribution >= 4 is 22.1 Å². The minimum atomic E-state index is -4.60. The molecule has 392 valence electrons. The van der Waals surface area contributed by atoms with Crippen molar-refractivity contribution in [1.29, 1.82) is 0 Å². The van der Waals surface area contributed by atoms with Crippen LogP contribution >= 0.6 is 0 Å². The van der Waals surface area contributed by atoms with E-state index in [1.54, 1.807) is 0 Å². The van der Waals surface area contributed by atoms with Gasteiger partial charge in [0.25, 0.3) is 10.1 Å². The molecule has 0 aliphatic carbocycles. The lowest BCUT2D eigenvalue weighted by molar-refractivity contribution is -0.297. The summed E-state index contributed by atoms with van der Waals surface area (Å²) in [6, 6.07) is 0. The Morgan fingerprint density at radius 2 is 0.773 bits per heavy atom. The Morgan fingerprint density at radius 1 is 0.455 bits per heavy atom. The molecule has 1 heterocycles. The van der Waals surface area contributed by atoms with Gasteiger partial charge in [0.05, 0.1) is 6.61 Å². The van der Waals surface area contributed by atoms with Gasteiger partial charge in [-0.2, -0.15) is 8.42 Å². The number of carbonyl (C=O) groups is 2. The van der Waals surface area contributed by atoms with Crippen molar-refractivity contribution in [2.75, 3.05) is 19.0 Å². The lowest BCUT2D eigenvalue weighted by Crippen LogP contribution is -2.60. The summed E-state index contributed by atoms with van der Waals surface area (Å²) >= 11 is 0. The van der Waals surface area contributed by atoms with Gasteiger partial charge >= 0.3 is 11.9 Å². The number of hydrogen-bond acceptors (Lipinski definition) is 11. The monoisotopic (exact) mass is 963 g/mol. The molecule has 0 radical (unpaired) electrons. The second kappa shape index (κ2) is 43.7. The Bertz CT molecular complexity index is 1220. The van der Waals surface area contributed by atoms with E-state index in [0.717, 1.165) is 38.5 Å². The summed E-state index contributed by atoms with van der Waals surface area (Å²) in [5, 5.41) is 31.0. The lowest BCUT2D eigenvalue weighted by atomic mass is 10.00. The van der Waals surface area contributed by atoms with Crippen LogP contribution < -0.4 is 0 Å². The number of carbonyl (C=O) groups excluding carboxylic acids is 2. The standard InChI is InChI=1S/C53H102O12S/c1-3-5-7-9-11-13-15-17-19-20-21-22-23-24-25-26-28-30-32-34-36-38-40-42-49(55)64-46(44-63-53-52(58)51(57)50(56)47(65-53)45-66(59,60)61)43-62-48(54)41-39-37-35-33-31-29-27-18-16-14-12-10-8-6-4-2/h46-47,50-53,56-58H,3-45H2,1-2H3,(H,59,60,61)/t46-,47-,50-,51?,52?,53+/m1/s1. The zero-order valence-corrected chi connectivity index (χ0v) is 43.1. The van der Waals surface area contributed by atoms with E-state index in [1.807, 2.05) is 0 Å². The molecule has 2 unspecified atom stereocenters. The molecule has 12 nitrogen and oxygen atoms in total. The van der Waals surface area contributed by atoms with E-state index in [0.29, 0.717) is 12.8 Å². The van der Waals surface area contributed by atoms with E-state index in [4.69, 9.17) is 18.9 Å². The largest absolute Gasteiger partial charge is 0.462 e. The highest BCUT2D eigenvalue weighted by molar-refractivity contribution is 7.85.